The Bertz CT molecular complexity index is 789. The van der Waals surface area contributed by atoms with E-state index in [1.54, 1.807) is 0 Å². The minimum atomic E-state index is 0.862. The first-order valence-electron chi connectivity index (χ1n) is 8.00. The number of fused-ring (bicyclic) bond motifs is 3. The van der Waals surface area contributed by atoms with Crippen LogP contribution in [0.2, 0.25) is 0 Å². The van der Waals surface area contributed by atoms with Gasteiger partial charge in [-0.15, -0.1) is 0 Å². The Balaban J connectivity index is 1.88. The molecule has 3 heteroatoms. The Morgan fingerprint density at radius 1 is 1.09 bits per heavy atom. The highest BCUT2D eigenvalue weighted by Gasteiger charge is 2.20. The Morgan fingerprint density at radius 2 is 1.95 bits per heavy atom. The highest BCUT2D eigenvalue weighted by molar-refractivity contribution is 5.85. The van der Waals surface area contributed by atoms with Gasteiger partial charge >= 0.3 is 0 Å². The molecule has 3 aromatic rings. The van der Waals surface area contributed by atoms with Crippen molar-refractivity contribution in [2.24, 2.45) is 0 Å². The van der Waals surface area contributed by atoms with E-state index in [2.05, 4.69) is 57.9 Å². The van der Waals surface area contributed by atoms with E-state index in [1.807, 2.05) is 12.3 Å². The second-order valence-electron chi connectivity index (χ2n) is 6.19. The molecule has 3 heterocycles. The molecule has 112 valence electrons. The first kappa shape index (κ1) is 13.5. The smallest absolute Gasteiger partial charge is 0.0651 e. The molecule has 2 aromatic heterocycles. The number of para-hydroxylation sites is 1. The van der Waals surface area contributed by atoms with Crippen molar-refractivity contribution in [3.8, 4) is 0 Å². The van der Waals surface area contributed by atoms with E-state index in [0.29, 0.717) is 0 Å². The summed E-state index contributed by atoms with van der Waals surface area (Å²) in [4.78, 5) is 6.95. The van der Waals surface area contributed by atoms with Crippen LogP contribution >= 0.6 is 0 Å². The molecular weight excluding hydrogens is 270 g/mol. The number of pyridine rings is 1. The van der Waals surface area contributed by atoms with Crippen LogP contribution in [0.3, 0.4) is 0 Å². The van der Waals surface area contributed by atoms with E-state index in [1.165, 1.54) is 35.1 Å². The number of benzene rings is 1. The average Bonchev–Trinajstić information content (AvgIpc) is 2.70. The summed E-state index contributed by atoms with van der Waals surface area (Å²) in [5.41, 5.74) is 5.47. The Morgan fingerprint density at radius 3 is 2.82 bits per heavy atom. The molecule has 0 spiro atoms. The minimum absolute atomic E-state index is 0.862. The van der Waals surface area contributed by atoms with Gasteiger partial charge in [-0.3, -0.25) is 4.98 Å². The fraction of sp³-hybridized carbons (Fsp3) is 0.316. The topological polar surface area (TPSA) is 21.1 Å². The molecule has 4 rings (SSSR count). The van der Waals surface area contributed by atoms with Crippen LogP contribution in [0.1, 0.15) is 23.4 Å². The number of hydrogen-bond acceptors (Lipinski definition) is 2. The van der Waals surface area contributed by atoms with Gasteiger partial charge in [0.2, 0.25) is 0 Å². The Hall–Kier alpha value is -2.13. The monoisotopic (exact) mass is 291 g/mol. The van der Waals surface area contributed by atoms with E-state index < -0.39 is 0 Å². The quantitative estimate of drug-likeness (QED) is 0.721. The number of hydrogen-bond donors (Lipinski definition) is 0. The average molecular weight is 291 g/mol. The molecule has 1 aromatic carbocycles. The zero-order valence-corrected chi connectivity index (χ0v) is 13.0. The molecule has 0 atom stereocenters. The molecule has 1 aliphatic heterocycles. The minimum Gasteiger partial charge on any atom is -0.338 e. The van der Waals surface area contributed by atoms with Gasteiger partial charge in [-0.1, -0.05) is 24.3 Å². The van der Waals surface area contributed by atoms with Crippen molar-refractivity contribution in [1.29, 1.82) is 0 Å². The zero-order chi connectivity index (χ0) is 14.9. The van der Waals surface area contributed by atoms with Gasteiger partial charge < -0.3 is 9.47 Å². The lowest BCUT2D eigenvalue weighted by atomic mass is 10.1. The van der Waals surface area contributed by atoms with Crippen LogP contribution in [0.5, 0.6) is 0 Å². The molecule has 0 bridgehead atoms. The molecule has 0 unspecified atom stereocenters. The Labute approximate surface area is 131 Å². The summed E-state index contributed by atoms with van der Waals surface area (Å²) < 4.78 is 2.48. The molecule has 0 amide bonds. The highest BCUT2D eigenvalue weighted by atomic mass is 15.1. The SMILES string of the molecule is CN1CCCc2c(c3ccccc3n2Cc2ccccn2)C1. The predicted octanol–water partition coefficient (Wildman–Crippen LogP) is 3.46. The van der Waals surface area contributed by atoms with Crippen molar-refractivity contribution in [1.82, 2.24) is 14.5 Å². The molecule has 0 fully saturated rings. The normalized spacial score (nSPS) is 15.7. The largest absolute Gasteiger partial charge is 0.338 e. The van der Waals surface area contributed by atoms with Crippen LogP contribution < -0.4 is 0 Å². The third-order valence-corrected chi connectivity index (χ3v) is 4.62. The van der Waals surface area contributed by atoms with E-state index in [0.717, 1.165) is 25.2 Å². The molecule has 3 nitrogen and oxygen atoms in total. The fourth-order valence-corrected chi connectivity index (χ4v) is 3.59. The summed E-state index contributed by atoms with van der Waals surface area (Å²) in [7, 11) is 2.22. The summed E-state index contributed by atoms with van der Waals surface area (Å²) in [6, 6.07) is 15.0. The van der Waals surface area contributed by atoms with Crippen molar-refractivity contribution in [3.05, 3.63) is 65.6 Å². The summed E-state index contributed by atoms with van der Waals surface area (Å²) in [5.74, 6) is 0. The van der Waals surface area contributed by atoms with E-state index in [9.17, 15) is 0 Å². The summed E-state index contributed by atoms with van der Waals surface area (Å²) in [5, 5.41) is 1.40. The van der Waals surface area contributed by atoms with Crippen molar-refractivity contribution in [2.75, 3.05) is 13.6 Å². The van der Waals surface area contributed by atoms with Crippen molar-refractivity contribution in [3.63, 3.8) is 0 Å². The molecular formula is C19H21N3. The maximum absolute atomic E-state index is 4.52. The molecule has 0 aliphatic carbocycles. The predicted molar refractivity (Wildman–Crippen MR) is 89.9 cm³/mol. The van der Waals surface area contributed by atoms with Crippen LogP contribution in [0.25, 0.3) is 10.9 Å². The number of rotatable bonds is 2. The van der Waals surface area contributed by atoms with E-state index in [4.69, 9.17) is 0 Å². The van der Waals surface area contributed by atoms with Crippen molar-refractivity contribution < 1.29 is 0 Å². The highest BCUT2D eigenvalue weighted by Crippen LogP contribution is 2.30. The van der Waals surface area contributed by atoms with Gasteiger partial charge in [0.25, 0.3) is 0 Å². The van der Waals surface area contributed by atoms with Gasteiger partial charge in [0.15, 0.2) is 0 Å². The lowest BCUT2D eigenvalue weighted by molar-refractivity contribution is 0.333. The van der Waals surface area contributed by atoms with Gasteiger partial charge in [0.1, 0.15) is 0 Å². The van der Waals surface area contributed by atoms with Crippen LogP contribution in [0, 0.1) is 0 Å². The van der Waals surface area contributed by atoms with E-state index in [-0.39, 0.29) is 0 Å². The lowest BCUT2D eigenvalue weighted by Gasteiger charge is -2.12. The fourth-order valence-electron chi connectivity index (χ4n) is 3.59. The van der Waals surface area contributed by atoms with E-state index >= 15 is 0 Å². The van der Waals surface area contributed by atoms with Gasteiger partial charge in [0.05, 0.1) is 12.2 Å². The maximum atomic E-state index is 4.52. The van der Waals surface area contributed by atoms with Crippen LogP contribution in [-0.2, 0) is 19.5 Å². The van der Waals surface area contributed by atoms with Crippen LogP contribution in [0.15, 0.2) is 48.7 Å². The summed E-state index contributed by atoms with van der Waals surface area (Å²) >= 11 is 0. The second kappa shape index (κ2) is 5.58. The first-order valence-corrected chi connectivity index (χ1v) is 8.00. The first-order chi connectivity index (χ1) is 10.8. The molecule has 0 saturated carbocycles. The lowest BCUT2D eigenvalue weighted by Crippen LogP contribution is -2.16. The van der Waals surface area contributed by atoms with Gasteiger partial charge in [-0.25, -0.2) is 0 Å². The summed E-state index contributed by atoms with van der Waals surface area (Å²) in [6.07, 6.45) is 4.26. The molecule has 22 heavy (non-hydrogen) atoms. The number of nitrogens with zero attached hydrogens (tertiary/aromatic N) is 3. The molecule has 0 radical (unpaired) electrons. The molecule has 1 aliphatic rings. The third-order valence-electron chi connectivity index (χ3n) is 4.62. The molecule has 0 saturated heterocycles. The summed E-state index contributed by atoms with van der Waals surface area (Å²) in [6.45, 7) is 3.08. The van der Waals surface area contributed by atoms with Crippen LogP contribution in [0.4, 0.5) is 0 Å². The van der Waals surface area contributed by atoms with Gasteiger partial charge in [0, 0.05) is 29.3 Å². The number of aromatic nitrogens is 2. The zero-order valence-electron chi connectivity index (χ0n) is 13.0. The van der Waals surface area contributed by atoms with Gasteiger partial charge in [-0.05, 0) is 50.2 Å². The molecule has 0 N–H and O–H groups in total. The van der Waals surface area contributed by atoms with Gasteiger partial charge in [-0.2, -0.15) is 0 Å². The maximum Gasteiger partial charge on any atom is 0.0651 e. The van der Waals surface area contributed by atoms with Crippen molar-refractivity contribution >= 4 is 10.9 Å². The second-order valence-corrected chi connectivity index (χ2v) is 6.19. The third kappa shape index (κ3) is 2.32. The Kier molecular flexibility index (Phi) is 3.43. The van der Waals surface area contributed by atoms with Crippen molar-refractivity contribution in [2.45, 2.75) is 25.9 Å². The van der Waals surface area contributed by atoms with Crippen LogP contribution in [-0.4, -0.2) is 28.0 Å². The standard InChI is InChI=1S/C19H21N3/c1-21-12-6-10-19-17(14-21)16-8-2-3-9-18(16)22(19)13-15-7-4-5-11-20-15/h2-5,7-9,11H,6,10,12-14H2,1H3.